The van der Waals surface area contributed by atoms with E-state index >= 15 is 0 Å². The van der Waals surface area contributed by atoms with E-state index in [4.69, 9.17) is 14.2 Å². The average Bonchev–Trinajstić information content (AvgIpc) is 2.86. The SMILES string of the molecule is COc1ccc(C(C)N(C)C(=O)c2ccc(OCC(=O)Nc3cccc(OC)c3)cc2)cc1. The minimum absolute atomic E-state index is 0.111. The average molecular weight is 449 g/mol. The molecule has 172 valence electrons. The fourth-order valence-corrected chi connectivity index (χ4v) is 3.23. The van der Waals surface area contributed by atoms with Crippen LogP contribution in [0.25, 0.3) is 0 Å². The van der Waals surface area contributed by atoms with Gasteiger partial charge < -0.3 is 24.4 Å². The zero-order valence-electron chi connectivity index (χ0n) is 19.2. The zero-order valence-corrected chi connectivity index (χ0v) is 19.2. The van der Waals surface area contributed by atoms with Crippen LogP contribution in [0, 0.1) is 0 Å². The highest BCUT2D eigenvalue weighted by atomic mass is 16.5. The van der Waals surface area contributed by atoms with Gasteiger partial charge in [-0.15, -0.1) is 0 Å². The molecule has 0 fully saturated rings. The summed E-state index contributed by atoms with van der Waals surface area (Å²) in [5.41, 5.74) is 2.16. The third-order valence-corrected chi connectivity index (χ3v) is 5.32. The monoisotopic (exact) mass is 448 g/mol. The summed E-state index contributed by atoms with van der Waals surface area (Å²) in [6, 6.07) is 21.3. The van der Waals surface area contributed by atoms with Crippen molar-refractivity contribution in [3.63, 3.8) is 0 Å². The molecular formula is C26H28N2O5. The van der Waals surface area contributed by atoms with Gasteiger partial charge in [0.1, 0.15) is 17.2 Å². The lowest BCUT2D eigenvalue weighted by molar-refractivity contribution is -0.118. The van der Waals surface area contributed by atoms with Gasteiger partial charge in [0, 0.05) is 24.4 Å². The molecule has 1 N–H and O–H groups in total. The van der Waals surface area contributed by atoms with E-state index in [9.17, 15) is 9.59 Å². The van der Waals surface area contributed by atoms with Crippen LogP contribution in [0.2, 0.25) is 0 Å². The van der Waals surface area contributed by atoms with E-state index < -0.39 is 0 Å². The molecule has 1 atom stereocenters. The number of carbonyl (C=O) groups excluding carboxylic acids is 2. The second-order valence-electron chi connectivity index (χ2n) is 7.46. The Morgan fingerprint density at radius 1 is 0.879 bits per heavy atom. The Kier molecular flexibility index (Phi) is 7.91. The van der Waals surface area contributed by atoms with Crippen molar-refractivity contribution in [2.75, 3.05) is 33.2 Å². The number of hydrogen-bond donors (Lipinski definition) is 1. The second-order valence-corrected chi connectivity index (χ2v) is 7.46. The fourth-order valence-electron chi connectivity index (χ4n) is 3.23. The number of benzene rings is 3. The van der Waals surface area contributed by atoms with Gasteiger partial charge in [-0.2, -0.15) is 0 Å². The molecule has 0 aromatic heterocycles. The van der Waals surface area contributed by atoms with Crippen LogP contribution in [-0.2, 0) is 4.79 Å². The van der Waals surface area contributed by atoms with E-state index in [1.54, 1.807) is 74.7 Å². The van der Waals surface area contributed by atoms with Crippen molar-refractivity contribution in [2.45, 2.75) is 13.0 Å². The summed E-state index contributed by atoms with van der Waals surface area (Å²) < 4.78 is 15.9. The van der Waals surface area contributed by atoms with E-state index in [1.165, 1.54) is 0 Å². The maximum absolute atomic E-state index is 12.9. The number of nitrogens with zero attached hydrogens (tertiary/aromatic N) is 1. The topological polar surface area (TPSA) is 77.1 Å². The molecule has 3 aromatic rings. The predicted molar refractivity (Wildman–Crippen MR) is 127 cm³/mol. The minimum atomic E-state index is -0.295. The van der Waals surface area contributed by atoms with Crippen molar-refractivity contribution in [3.8, 4) is 17.2 Å². The van der Waals surface area contributed by atoms with Gasteiger partial charge in [-0.1, -0.05) is 18.2 Å². The Hall–Kier alpha value is -4.00. The van der Waals surface area contributed by atoms with Crippen LogP contribution in [0.4, 0.5) is 5.69 Å². The van der Waals surface area contributed by atoms with Gasteiger partial charge in [-0.05, 0) is 61.0 Å². The number of anilines is 1. The van der Waals surface area contributed by atoms with Crippen molar-refractivity contribution >= 4 is 17.5 Å². The molecule has 7 nitrogen and oxygen atoms in total. The van der Waals surface area contributed by atoms with Crippen molar-refractivity contribution in [1.82, 2.24) is 4.90 Å². The Bertz CT molecular complexity index is 1080. The van der Waals surface area contributed by atoms with Gasteiger partial charge >= 0.3 is 0 Å². The predicted octanol–water partition coefficient (Wildman–Crippen LogP) is 4.55. The lowest BCUT2D eigenvalue weighted by Gasteiger charge is -2.25. The summed E-state index contributed by atoms with van der Waals surface area (Å²) in [5.74, 6) is 1.52. The number of ether oxygens (including phenoxy) is 3. The van der Waals surface area contributed by atoms with Crippen molar-refractivity contribution in [2.24, 2.45) is 0 Å². The summed E-state index contributed by atoms with van der Waals surface area (Å²) in [7, 11) is 4.95. The summed E-state index contributed by atoms with van der Waals surface area (Å²) in [4.78, 5) is 26.7. The molecule has 0 saturated carbocycles. The van der Waals surface area contributed by atoms with Crippen LogP contribution in [0.3, 0.4) is 0 Å². The second kappa shape index (κ2) is 11.0. The van der Waals surface area contributed by atoms with Crippen LogP contribution in [0.1, 0.15) is 28.9 Å². The van der Waals surface area contributed by atoms with Crippen LogP contribution >= 0.6 is 0 Å². The molecular weight excluding hydrogens is 420 g/mol. The molecule has 0 heterocycles. The number of nitrogens with one attached hydrogen (secondary N) is 1. The highest BCUT2D eigenvalue weighted by Crippen LogP contribution is 2.24. The summed E-state index contributed by atoms with van der Waals surface area (Å²) in [6.07, 6.45) is 0. The Balaban J connectivity index is 1.55. The van der Waals surface area contributed by atoms with Crippen molar-refractivity contribution in [3.05, 3.63) is 83.9 Å². The smallest absolute Gasteiger partial charge is 0.262 e. The molecule has 0 radical (unpaired) electrons. The number of rotatable bonds is 9. The maximum atomic E-state index is 12.9. The standard InChI is InChI=1S/C26H28N2O5/c1-18(19-8-12-22(31-3)13-9-19)28(2)26(30)20-10-14-23(15-11-20)33-17-25(29)27-21-6-5-7-24(16-21)32-4/h5-16,18H,17H2,1-4H3,(H,27,29). The Labute approximate surface area is 193 Å². The first-order chi connectivity index (χ1) is 15.9. The molecule has 0 aliphatic carbocycles. The molecule has 33 heavy (non-hydrogen) atoms. The molecule has 0 spiro atoms. The summed E-state index contributed by atoms with van der Waals surface area (Å²) in [6.45, 7) is 1.82. The molecule has 7 heteroatoms. The highest BCUT2D eigenvalue weighted by molar-refractivity contribution is 5.94. The Morgan fingerprint density at radius 3 is 2.15 bits per heavy atom. The summed E-state index contributed by atoms with van der Waals surface area (Å²) in [5, 5.41) is 2.75. The van der Waals surface area contributed by atoms with E-state index in [1.807, 2.05) is 31.2 Å². The maximum Gasteiger partial charge on any atom is 0.262 e. The first-order valence-electron chi connectivity index (χ1n) is 10.5. The van der Waals surface area contributed by atoms with Gasteiger partial charge in [0.25, 0.3) is 11.8 Å². The largest absolute Gasteiger partial charge is 0.497 e. The number of methoxy groups -OCH3 is 2. The van der Waals surface area contributed by atoms with Gasteiger partial charge in [0.05, 0.1) is 20.3 Å². The molecule has 3 rings (SSSR count). The first kappa shape index (κ1) is 23.7. The van der Waals surface area contributed by atoms with E-state index in [2.05, 4.69) is 5.32 Å². The number of hydrogen-bond acceptors (Lipinski definition) is 5. The zero-order chi connectivity index (χ0) is 23.8. The molecule has 0 bridgehead atoms. The van der Waals surface area contributed by atoms with E-state index in [-0.39, 0.29) is 24.5 Å². The van der Waals surface area contributed by atoms with Crippen molar-refractivity contribution < 1.29 is 23.8 Å². The number of amides is 2. The molecule has 2 amide bonds. The molecule has 3 aromatic carbocycles. The van der Waals surface area contributed by atoms with E-state index in [0.29, 0.717) is 22.7 Å². The quantitative estimate of drug-likeness (QED) is 0.520. The van der Waals surface area contributed by atoms with E-state index in [0.717, 1.165) is 11.3 Å². The highest BCUT2D eigenvalue weighted by Gasteiger charge is 2.19. The molecule has 0 aliphatic heterocycles. The lowest BCUT2D eigenvalue weighted by Crippen LogP contribution is -2.29. The van der Waals surface area contributed by atoms with Crippen molar-refractivity contribution in [1.29, 1.82) is 0 Å². The minimum Gasteiger partial charge on any atom is -0.497 e. The van der Waals surface area contributed by atoms with Gasteiger partial charge in [0.2, 0.25) is 0 Å². The van der Waals surface area contributed by atoms with Gasteiger partial charge in [-0.3, -0.25) is 9.59 Å². The molecule has 0 saturated heterocycles. The normalized spacial score (nSPS) is 11.3. The summed E-state index contributed by atoms with van der Waals surface area (Å²) >= 11 is 0. The first-order valence-corrected chi connectivity index (χ1v) is 10.5. The fraction of sp³-hybridized carbons (Fsp3) is 0.231. The van der Waals surface area contributed by atoms with Crippen LogP contribution in [0.15, 0.2) is 72.8 Å². The third-order valence-electron chi connectivity index (χ3n) is 5.32. The van der Waals surface area contributed by atoms with Crippen LogP contribution < -0.4 is 19.5 Å². The van der Waals surface area contributed by atoms with Crippen LogP contribution in [0.5, 0.6) is 17.2 Å². The number of carbonyl (C=O) groups is 2. The molecule has 1 unspecified atom stereocenters. The van der Waals surface area contributed by atoms with Gasteiger partial charge in [-0.25, -0.2) is 0 Å². The lowest BCUT2D eigenvalue weighted by atomic mass is 10.1. The molecule has 0 aliphatic rings. The third kappa shape index (κ3) is 6.26. The van der Waals surface area contributed by atoms with Crippen LogP contribution in [-0.4, -0.2) is 44.6 Å². The van der Waals surface area contributed by atoms with Gasteiger partial charge in [0.15, 0.2) is 6.61 Å². The Morgan fingerprint density at radius 2 is 1.52 bits per heavy atom.